The molecule has 0 aliphatic heterocycles. The van der Waals surface area contributed by atoms with Crippen molar-refractivity contribution in [1.82, 2.24) is 0 Å². The summed E-state index contributed by atoms with van der Waals surface area (Å²) in [6.45, 7) is 6.65. The minimum atomic E-state index is -0.0299. The van der Waals surface area contributed by atoms with E-state index in [0.717, 1.165) is 30.7 Å². The quantitative estimate of drug-likeness (QED) is 0.767. The molecular formula is C16H26N2O2. The third-order valence-corrected chi connectivity index (χ3v) is 3.30. The molecule has 3 N–H and O–H groups in total. The fourth-order valence-corrected chi connectivity index (χ4v) is 1.78. The van der Waals surface area contributed by atoms with Crippen molar-refractivity contribution in [2.75, 3.05) is 11.9 Å². The summed E-state index contributed by atoms with van der Waals surface area (Å²) in [6, 6.07) is 7.52. The molecule has 0 aromatic heterocycles. The predicted octanol–water partition coefficient (Wildman–Crippen LogP) is 3.18. The molecule has 1 rings (SSSR count). The lowest BCUT2D eigenvalue weighted by molar-refractivity contribution is -0.119. The van der Waals surface area contributed by atoms with Crippen LogP contribution in [0.1, 0.15) is 40.0 Å². The molecule has 1 aromatic carbocycles. The van der Waals surface area contributed by atoms with Crippen LogP contribution < -0.4 is 15.8 Å². The van der Waals surface area contributed by atoms with Gasteiger partial charge in [-0.3, -0.25) is 4.79 Å². The van der Waals surface area contributed by atoms with Crippen LogP contribution in [0, 0.1) is 5.92 Å². The molecule has 0 radical (unpaired) electrons. The molecule has 4 heteroatoms. The minimum Gasteiger partial charge on any atom is -0.491 e. The van der Waals surface area contributed by atoms with Gasteiger partial charge < -0.3 is 15.8 Å². The lowest BCUT2D eigenvalue weighted by Crippen LogP contribution is -2.21. The molecule has 112 valence electrons. The first-order valence-electron chi connectivity index (χ1n) is 7.34. The number of nitrogens with one attached hydrogen (secondary N) is 1. The van der Waals surface area contributed by atoms with Crippen molar-refractivity contribution in [3.63, 3.8) is 0 Å². The van der Waals surface area contributed by atoms with Crippen LogP contribution in [0.5, 0.6) is 5.75 Å². The number of carbonyl (C=O) groups excluding carboxylic acids is 1. The van der Waals surface area contributed by atoms with Crippen LogP contribution in [0.3, 0.4) is 0 Å². The van der Waals surface area contributed by atoms with Gasteiger partial charge in [-0.15, -0.1) is 0 Å². The predicted molar refractivity (Wildman–Crippen MR) is 82.9 cm³/mol. The summed E-state index contributed by atoms with van der Waals surface area (Å²) in [4.78, 5) is 12.0. The lowest BCUT2D eigenvalue weighted by atomic mass is 10.0. The summed E-state index contributed by atoms with van der Waals surface area (Å²) in [6.07, 6.45) is 2.80. The first-order chi connectivity index (χ1) is 9.56. The molecule has 0 aliphatic rings. The van der Waals surface area contributed by atoms with E-state index in [1.165, 1.54) is 0 Å². The Kier molecular flexibility index (Phi) is 7.09. The van der Waals surface area contributed by atoms with Crippen molar-refractivity contribution < 1.29 is 9.53 Å². The van der Waals surface area contributed by atoms with E-state index in [4.69, 9.17) is 10.5 Å². The average molecular weight is 278 g/mol. The molecule has 0 heterocycles. The van der Waals surface area contributed by atoms with Crippen LogP contribution in [0.2, 0.25) is 0 Å². The van der Waals surface area contributed by atoms with Crippen molar-refractivity contribution in [3.8, 4) is 5.75 Å². The summed E-state index contributed by atoms with van der Waals surface area (Å²) >= 11 is 0. The maximum absolute atomic E-state index is 12.0. The lowest BCUT2D eigenvalue weighted by Gasteiger charge is -2.15. The summed E-state index contributed by atoms with van der Waals surface area (Å²) in [5.74, 6) is 0.781. The third-order valence-electron chi connectivity index (χ3n) is 3.30. The number of ether oxygens (including phenoxy) is 1. The van der Waals surface area contributed by atoms with Crippen molar-refractivity contribution >= 4 is 11.6 Å². The number of nitrogens with two attached hydrogens (primary N) is 1. The molecule has 1 amide bonds. The Balaban J connectivity index is 2.59. The summed E-state index contributed by atoms with van der Waals surface area (Å²) in [7, 11) is 0. The van der Waals surface area contributed by atoms with E-state index in [-0.39, 0.29) is 17.9 Å². The maximum Gasteiger partial charge on any atom is 0.227 e. The van der Waals surface area contributed by atoms with Gasteiger partial charge in [-0.2, -0.15) is 0 Å². The van der Waals surface area contributed by atoms with Gasteiger partial charge in [0.25, 0.3) is 0 Å². The fraction of sp³-hybridized carbons (Fsp3) is 0.562. The van der Waals surface area contributed by atoms with Crippen LogP contribution in [-0.2, 0) is 4.79 Å². The minimum absolute atomic E-state index is 0.0270. The number of amides is 1. The summed E-state index contributed by atoms with van der Waals surface area (Å²) in [5.41, 5.74) is 6.23. The third kappa shape index (κ3) is 5.61. The maximum atomic E-state index is 12.0. The molecule has 0 saturated carbocycles. The molecule has 0 saturated heterocycles. The Morgan fingerprint density at radius 3 is 2.80 bits per heavy atom. The SMILES string of the molecule is CCC(C)Oc1cccc(NC(=O)C(C)CCCN)c1. The fourth-order valence-electron chi connectivity index (χ4n) is 1.78. The van der Waals surface area contributed by atoms with Gasteiger partial charge in [0.2, 0.25) is 5.91 Å². The van der Waals surface area contributed by atoms with Gasteiger partial charge in [0, 0.05) is 17.7 Å². The molecule has 4 nitrogen and oxygen atoms in total. The number of benzene rings is 1. The van der Waals surface area contributed by atoms with Crippen LogP contribution in [0.15, 0.2) is 24.3 Å². The average Bonchev–Trinajstić information content (AvgIpc) is 2.44. The Bertz CT molecular complexity index is 421. The second kappa shape index (κ2) is 8.59. The second-order valence-corrected chi connectivity index (χ2v) is 5.19. The van der Waals surface area contributed by atoms with Crippen molar-refractivity contribution in [2.45, 2.75) is 46.1 Å². The molecule has 1 aromatic rings. The van der Waals surface area contributed by atoms with Gasteiger partial charge in [0.05, 0.1) is 6.10 Å². The highest BCUT2D eigenvalue weighted by atomic mass is 16.5. The summed E-state index contributed by atoms with van der Waals surface area (Å²) in [5, 5.41) is 2.92. The van der Waals surface area contributed by atoms with E-state index in [1.807, 2.05) is 38.1 Å². The van der Waals surface area contributed by atoms with Gasteiger partial charge in [0.15, 0.2) is 0 Å². The standard InChI is InChI=1S/C16H26N2O2/c1-4-13(3)20-15-9-5-8-14(11-15)18-16(19)12(2)7-6-10-17/h5,8-9,11-13H,4,6-7,10,17H2,1-3H3,(H,18,19). The van der Waals surface area contributed by atoms with Crippen LogP contribution in [0.25, 0.3) is 0 Å². The highest BCUT2D eigenvalue weighted by Crippen LogP contribution is 2.20. The number of rotatable bonds is 8. The van der Waals surface area contributed by atoms with Crippen molar-refractivity contribution in [3.05, 3.63) is 24.3 Å². The van der Waals surface area contributed by atoms with E-state index in [9.17, 15) is 4.79 Å². The van der Waals surface area contributed by atoms with E-state index < -0.39 is 0 Å². The molecule has 0 spiro atoms. The Morgan fingerprint density at radius 2 is 2.15 bits per heavy atom. The van der Waals surface area contributed by atoms with Gasteiger partial charge >= 0.3 is 0 Å². The molecule has 0 aliphatic carbocycles. The van der Waals surface area contributed by atoms with E-state index in [1.54, 1.807) is 0 Å². The molecule has 2 unspecified atom stereocenters. The highest BCUT2D eigenvalue weighted by Gasteiger charge is 2.12. The van der Waals surface area contributed by atoms with Gasteiger partial charge in [-0.05, 0) is 44.9 Å². The van der Waals surface area contributed by atoms with Crippen molar-refractivity contribution in [1.29, 1.82) is 0 Å². The first-order valence-corrected chi connectivity index (χ1v) is 7.34. The van der Waals surface area contributed by atoms with Gasteiger partial charge in [0.1, 0.15) is 5.75 Å². The van der Waals surface area contributed by atoms with Crippen LogP contribution in [-0.4, -0.2) is 18.6 Å². The molecule has 2 atom stereocenters. The zero-order valence-electron chi connectivity index (χ0n) is 12.7. The first kappa shape index (κ1) is 16.5. The Hall–Kier alpha value is -1.55. The summed E-state index contributed by atoms with van der Waals surface area (Å²) < 4.78 is 5.74. The number of anilines is 1. The number of hydrogen-bond donors (Lipinski definition) is 2. The second-order valence-electron chi connectivity index (χ2n) is 5.19. The normalized spacial score (nSPS) is 13.6. The van der Waals surface area contributed by atoms with E-state index in [0.29, 0.717) is 6.54 Å². The van der Waals surface area contributed by atoms with Gasteiger partial charge in [-0.1, -0.05) is 19.9 Å². The molecule has 20 heavy (non-hydrogen) atoms. The highest BCUT2D eigenvalue weighted by molar-refractivity contribution is 5.92. The topological polar surface area (TPSA) is 64.3 Å². The van der Waals surface area contributed by atoms with Crippen molar-refractivity contribution in [2.24, 2.45) is 11.7 Å². The molecule has 0 fully saturated rings. The Morgan fingerprint density at radius 1 is 1.40 bits per heavy atom. The Labute approximate surface area is 121 Å². The smallest absolute Gasteiger partial charge is 0.227 e. The van der Waals surface area contributed by atoms with E-state index >= 15 is 0 Å². The van der Waals surface area contributed by atoms with Crippen LogP contribution >= 0.6 is 0 Å². The largest absolute Gasteiger partial charge is 0.491 e. The number of carbonyl (C=O) groups is 1. The zero-order chi connectivity index (χ0) is 15.0. The molecule has 0 bridgehead atoms. The van der Waals surface area contributed by atoms with E-state index in [2.05, 4.69) is 12.2 Å². The van der Waals surface area contributed by atoms with Crippen LogP contribution in [0.4, 0.5) is 5.69 Å². The monoisotopic (exact) mass is 278 g/mol. The van der Waals surface area contributed by atoms with Gasteiger partial charge in [-0.25, -0.2) is 0 Å². The zero-order valence-corrected chi connectivity index (χ0v) is 12.7. The number of hydrogen-bond acceptors (Lipinski definition) is 3. The molecular weight excluding hydrogens is 252 g/mol.